The lowest BCUT2D eigenvalue weighted by Gasteiger charge is -2.14. The molecule has 0 saturated heterocycles. The molecule has 1 aromatic heterocycles. The molecule has 7 heteroatoms. The molecule has 0 fully saturated rings. The van der Waals surface area contributed by atoms with Crippen LogP contribution in [0.2, 0.25) is 0 Å². The summed E-state index contributed by atoms with van der Waals surface area (Å²) < 4.78 is 19.3. The summed E-state index contributed by atoms with van der Waals surface area (Å²) in [4.78, 5) is 14.7. The number of hydrogen-bond donors (Lipinski definition) is 2. The van der Waals surface area contributed by atoms with Crippen LogP contribution in [0.15, 0.2) is 23.1 Å². The van der Waals surface area contributed by atoms with Crippen molar-refractivity contribution in [2.45, 2.75) is 12.3 Å². The van der Waals surface area contributed by atoms with Crippen molar-refractivity contribution in [2.75, 3.05) is 12.3 Å². The lowest BCUT2D eigenvalue weighted by atomic mass is 10.4. The molecule has 86 valence electrons. The van der Waals surface area contributed by atoms with Gasteiger partial charge in [0.1, 0.15) is 6.10 Å². The van der Waals surface area contributed by atoms with Gasteiger partial charge in [0.15, 0.2) is 17.9 Å². The molecule has 2 rings (SSSR count). The van der Waals surface area contributed by atoms with E-state index < -0.39 is 29.7 Å². The molecule has 0 radical (unpaired) electrons. The summed E-state index contributed by atoms with van der Waals surface area (Å²) in [5, 5.41) is 8.83. The zero-order chi connectivity index (χ0) is 11.7. The first kappa shape index (κ1) is 10.8. The van der Waals surface area contributed by atoms with Gasteiger partial charge in [-0.3, -0.25) is 4.57 Å². The summed E-state index contributed by atoms with van der Waals surface area (Å²) in [5.41, 5.74) is 4.44. The Bertz CT molecular complexity index is 485. The highest BCUT2D eigenvalue weighted by molar-refractivity contribution is 5.26. The summed E-state index contributed by atoms with van der Waals surface area (Å²) >= 11 is 0. The van der Waals surface area contributed by atoms with Gasteiger partial charge in [-0.25, -0.2) is 9.18 Å². The first-order valence-corrected chi connectivity index (χ1v) is 4.60. The monoisotopic (exact) mass is 230 g/mol. The van der Waals surface area contributed by atoms with Gasteiger partial charge in [-0.15, -0.1) is 0 Å². The van der Waals surface area contributed by atoms with Crippen LogP contribution in [0.4, 0.5) is 10.2 Å². The Hall–Kier alpha value is -1.73. The predicted molar refractivity (Wildman–Crippen MR) is 53.0 cm³/mol. The molecule has 0 aliphatic carbocycles. The van der Waals surface area contributed by atoms with Crippen LogP contribution in [0, 0.1) is 5.82 Å². The molecule has 2 heterocycles. The maximum Gasteiger partial charge on any atom is 0.352 e. The molecule has 0 unspecified atom stereocenters. The second kappa shape index (κ2) is 4.03. The van der Waals surface area contributed by atoms with Crippen molar-refractivity contribution >= 4 is 5.82 Å². The average molecular weight is 230 g/mol. The smallest absolute Gasteiger partial charge is 0.352 e. The average Bonchev–Trinajstić information content (AvgIpc) is 2.71. The van der Waals surface area contributed by atoms with Crippen LogP contribution in [-0.2, 0) is 4.74 Å². The molecule has 0 spiro atoms. The highest BCUT2D eigenvalue weighted by Gasteiger charge is 2.21. The van der Waals surface area contributed by atoms with E-state index in [1.807, 2.05) is 0 Å². The molecule has 1 aromatic rings. The predicted octanol–water partition coefficient (Wildman–Crippen LogP) is -0.590. The summed E-state index contributed by atoms with van der Waals surface area (Å²) in [6, 6.07) is 0. The van der Waals surface area contributed by atoms with Crippen LogP contribution in [0.1, 0.15) is 6.23 Å². The van der Waals surface area contributed by atoms with Crippen LogP contribution >= 0.6 is 0 Å². The van der Waals surface area contributed by atoms with Gasteiger partial charge in [0.25, 0.3) is 0 Å². The summed E-state index contributed by atoms with van der Waals surface area (Å²) in [6.07, 6.45) is 2.81. The topological polar surface area (TPSA) is 90.4 Å². The fourth-order valence-electron chi connectivity index (χ4n) is 1.39. The molecule has 0 aromatic carbocycles. The number of nitrogens with zero attached hydrogens (tertiary/aromatic N) is 2. The molecule has 0 saturated carbocycles. The van der Waals surface area contributed by atoms with Gasteiger partial charge in [-0.2, -0.15) is 4.98 Å². The number of nitrogens with two attached hydrogens (primary N) is 1. The first-order chi connectivity index (χ1) is 7.61. The molecular weight excluding hydrogens is 220 g/mol. The van der Waals surface area contributed by atoms with Gasteiger partial charge in [-0.1, -0.05) is 6.08 Å². The molecule has 16 heavy (non-hydrogen) atoms. The number of nitrogen functional groups attached to an aromatic ring is 1. The third-order valence-electron chi connectivity index (χ3n) is 2.19. The zero-order valence-corrected chi connectivity index (χ0v) is 8.21. The van der Waals surface area contributed by atoms with Crippen molar-refractivity contribution in [3.63, 3.8) is 0 Å². The van der Waals surface area contributed by atoms with E-state index in [-0.39, 0.29) is 6.61 Å². The standard InChI is InChI=1S/C9H10FN3O3/c10-6-3-13(9(15)12-8(6)11)7-2-1-5(4-14)16-7/h1-3,5,7,14H,4H2,(H2,11,12,15)/t5-,7+/m1/s1/i9+1,12+1,13+1. The Kier molecular flexibility index (Phi) is 2.71. The van der Waals surface area contributed by atoms with Crippen molar-refractivity contribution in [1.82, 2.24) is 9.55 Å². The second-order valence-corrected chi connectivity index (χ2v) is 3.30. The van der Waals surface area contributed by atoms with E-state index >= 15 is 0 Å². The number of aliphatic hydroxyl groups is 1. The van der Waals surface area contributed by atoms with Gasteiger partial charge < -0.3 is 15.6 Å². The van der Waals surface area contributed by atoms with Crippen LogP contribution in [0.3, 0.4) is 0 Å². The Morgan fingerprint density at radius 2 is 2.38 bits per heavy atom. The second-order valence-electron chi connectivity index (χ2n) is 3.30. The number of aromatic nitrogens is 2. The Balaban J connectivity index is 2.33. The zero-order valence-electron chi connectivity index (χ0n) is 8.21. The molecule has 0 bridgehead atoms. The fourth-order valence-corrected chi connectivity index (χ4v) is 1.39. The third kappa shape index (κ3) is 1.82. The van der Waals surface area contributed by atoms with Gasteiger partial charge in [0.2, 0.25) is 0 Å². The number of ether oxygens (including phenoxy) is 1. The maximum absolute atomic E-state index is 13.1. The van der Waals surface area contributed by atoms with E-state index in [0.717, 1.165) is 10.8 Å². The molecule has 1 aliphatic rings. The highest BCUT2D eigenvalue weighted by atomic mass is 19.1. The molecule has 6 nitrogen and oxygen atoms in total. The van der Waals surface area contributed by atoms with Crippen molar-refractivity contribution in [2.24, 2.45) is 0 Å². The molecular formula is C9H10FN3O3. The van der Waals surface area contributed by atoms with Crippen LogP contribution < -0.4 is 11.4 Å². The lowest BCUT2D eigenvalue weighted by molar-refractivity contribution is -0.0106. The van der Waals surface area contributed by atoms with Crippen molar-refractivity contribution in [3.8, 4) is 0 Å². The minimum Gasteiger partial charge on any atom is -0.393 e. The van der Waals surface area contributed by atoms with Crippen LogP contribution in [0.5, 0.6) is 0 Å². The van der Waals surface area contributed by atoms with Gasteiger partial charge in [0, 0.05) is 0 Å². The number of halogens is 1. The molecule has 2 atom stereocenters. The molecule has 1 aliphatic heterocycles. The minimum absolute atomic E-state index is 0.202. The minimum atomic E-state index is -0.788. The number of rotatable bonds is 2. The van der Waals surface area contributed by atoms with Crippen molar-refractivity contribution < 1.29 is 14.2 Å². The summed E-state index contributed by atoms with van der Waals surface area (Å²) in [7, 11) is 0. The Morgan fingerprint density at radius 3 is 3.00 bits per heavy atom. The summed E-state index contributed by atoms with van der Waals surface area (Å²) in [6.45, 7) is -0.202. The lowest BCUT2D eigenvalue weighted by Crippen LogP contribution is -2.29. The van der Waals surface area contributed by atoms with Crippen molar-refractivity contribution in [3.05, 3.63) is 34.7 Å². The van der Waals surface area contributed by atoms with Crippen LogP contribution in [-0.4, -0.2) is 27.4 Å². The number of aliphatic hydroxyl groups excluding tert-OH is 1. The largest absolute Gasteiger partial charge is 0.393 e. The van der Waals surface area contributed by atoms with E-state index in [4.69, 9.17) is 15.6 Å². The SMILES string of the molecule is Nc1[15n][13c](=O)[15n]([C@@H]2C=C[C@H](CO)O2)cc1F. The number of hydrogen-bond acceptors (Lipinski definition) is 5. The fraction of sp³-hybridized carbons (Fsp3) is 0.333. The van der Waals surface area contributed by atoms with E-state index in [0.29, 0.717) is 0 Å². The van der Waals surface area contributed by atoms with E-state index in [1.165, 1.54) is 0 Å². The van der Waals surface area contributed by atoms with E-state index in [1.54, 1.807) is 12.2 Å². The molecule has 3 N–H and O–H groups in total. The quantitative estimate of drug-likeness (QED) is 0.663. The Morgan fingerprint density at radius 1 is 1.62 bits per heavy atom. The van der Waals surface area contributed by atoms with E-state index in [9.17, 15) is 9.18 Å². The molecule has 0 amide bonds. The van der Waals surface area contributed by atoms with Crippen molar-refractivity contribution in [1.29, 1.82) is 0 Å². The van der Waals surface area contributed by atoms with E-state index in [2.05, 4.69) is 4.98 Å². The van der Waals surface area contributed by atoms with Gasteiger partial charge >= 0.3 is 5.69 Å². The summed E-state index contributed by atoms with van der Waals surface area (Å²) in [5.74, 6) is -1.23. The van der Waals surface area contributed by atoms with Gasteiger partial charge in [0.05, 0.1) is 12.8 Å². The first-order valence-electron chi connectivity index (χ1n) is 4.60. The van der Waals surface area contributed by atoms with Gasteiger partial charge in [-0.05, 0) is 6.08 Å². The number of anilines is 1. The third-order valence-corrected chi connectivity index (χ3v) is 2.19. The van der Waals surface area contributed by atoms with Crippen LogP contribution in [0.25, 0.3) is 0 Å². The maximum atomic E-state index is 13.1. The highest BCUT2D eigenvalue weighted by Crippen LogP contribution is 2.19. The Labute approximate surface area is 89.8 Å². The normalized spacial score (nSPS) is 23.9.